The predicted octanol–water partition coefficient (Wildman–Crippen LogP) is 21.7. The number of rotatable bonds is 60. The van der Waals surface area contributed by atoms with Crippen LogP contribution in [0.25, 0.3) is 0 Å². The molecule has 0 saturated heterocycles. The van der Waals surface area contributed by atoms with E-state index in [0.717, 1.165) is 64.2 Å². The molecule has 0 aliphatic carbocycles. The highest BCUT2D eigenvalue weighted by Crippen LogP contribution is 2.18. The lowest BCUT2D eigenvalue weighted by molar-refractivity contribution is -0.167. The molecule has 0 aromatic rings. The second kappa shape index (κ2) is 60.7. The van der Waals surface area contributed by atoms with Crippen molar-refractivity contribution in [2.75, 3.05) is 13.2 Å². The largest absolute Gasteiger partial charge is 0.462 e. The number of unbranched alkanes of at least 4 members (excludes halogenated alkanes) is 47. The normalized spacial score (nSPS) is 12.0. The van der Waals surface area contributed by atoms with Crippen LogP contribution in [0.4, 0.5) is 0 Å². The number of esters is 3. The molecule has 0 saturated carbocycles. The third-order valence-corrected chi connectivity index (χ3v) is 14.8. The van der Waals surface area contributed by atoms with Gasteiger partial charge >= 0.3 is 17.9 Å². The molecule has 0 aromatic heterocycles. The lowest BCUT2D eigenvalue weighted by Crippen LogP contribution is -2.30. The van der Waals surface area contributed by atoms with Crippen LogP contribution in [0.3, 0.4) is 0 Å². The maximum atomic E-state index is 12.9. The number of hydrogen-bond donors (Lipinski definition) is 0. The van der Waals surface area contributed by atoms with E-state index in [2.05, 4.69) is 32.9 Å². The molecular formula is C65H124O6. The third-order valence-electron chi connectivity index (χ3n) is 14.8. The Kier molecular flexibility index (Phi) is 59.1. The summed E-state index contributed by atoms with van der Waals surface area (Å²) < 4.78 is 16.9. The van der Waals surface area contributed by atoms with Gasteiger partial charge in [0.25, 0.3) is 0 Å². The summed E-state index contributed by atoms with van der Waals surface area (Å²) in [5.41, 5.74) is 0. The fourth-order valence-corrected chi connectivity index (χ4v) is 9.91. The van der Waals surface area contributed by atoms with E-state index in [0.29, 0.717) is 19.3 Å². The molecule has 0 N–H and O–H groups in total. The van der Waals surface area contributed by atoms with Crippen molar-refractivity contribution in [3.63, 3.8) is 0 Å². The summed E-state index contributed by atoms with van der Waals surface area (Å²) in [6.07, 6.45) is 70.8. The minimum atomic E-state index is -0.768. The van der Waals surface area contributed by atoms with Gasteiger partial charge < -0.3 is 14.2 Å². The lowest BCUT2D eigenvalue weighted by atomic mass is 10.0. The van der Waals surface area contributed by atoms with Gasteiger partial charge in [-0.25, -0.2) is 0 Å². The molecule has 6 nitrogen and oxygen atoms in total. The summed E-state index contributed by atoms with van der Waals surface area (Å²) in [4.78, 5) is 38.3. The molecule has 0 aliphatic rings. The van der Waals surface area contributed by atoms with E-state index < -0.39 is 6.10 Å². The number of ether oxygens (including phenoxy) is 3. The number of carbonyl (C=O) groups excluding carboxylic acids is 3. The first-order valence-corrected chi connectivity index (χ1v) is 32.2. The van der Waals surface area contributed by atoms with Crippen molar-refractivity contribution in [2.45, 2.75) is 374 Å². The van der Waals surface area contributed by atoms with Crippen molar-refractivity contribution < 1.29 is 28.6 Å². The molecule has 6 heteroatoms. The Hall–Kier alpha value is -1.85. The summed E-state index contributed by atoms with van der Waals surface area (Å²) in [6.45, 7) is 6.69. The Morgan fingerprint density at radius 1 is 0.268 bits per heavy atom. The topological polar surface area (TPSA) is 78.9 Å². The molecule has 0 aliphatic heterocycles. The van der Waals surface area contributed by atoms with E-state index in [1.165, 1.54) is 263 Å². The van der Waals surface area contributed by atoms with Gasteiger partial charge in [-0.2, -0.15) is 0 Å². The van der Waals surface area contributed by atoms with Crippen molar-refractivity contribution in [1.29, 1.82) is 0 Å². The first-order valence-electron chi connectivity index (χ1n) is 32.2. The Labute approximate surface area is 443 Å². The Balaban J connectivity index is 4.23. The SMILES string of the molecule is CCCCCC/C=C\CCCCCCCC(=O)OCC(COC(=O)CCCCCCCCCCCCCCCCCCCCCCCCC)OC(=O)CCCCCCCCCCCCCCCCCCC. The van der Waals surface area contributed by atoms with Gasteiger partial charge in [-0.15, -0.1) is 0 Å². The van der Waals surface area contributed by atoms with E-state index in [9.17, 15) is 14.4 Å². The molecule has 420 valence electrons. The van der Waals surface area contributed by atoms with E-state index in [4.69, 9.17) is 14.2 Å². The summed E-state index contributed by atoms with van der Waals surface area (Å²) in [5.74, 6) is -0.845. The average Bonchev–Trinajstić information content (AvgIpc) is 3.37. The fourth-order valence-electron chi connectivity index (χ4n) is 9.91. The first-order chi connectivity index (χ1) is 35.0. The standard InChI is InChI=1S/C65H124O6/c1-4-7-10-13-16-19-22-25-27-29-30-31-32-33-34-36-37-40-43-46-49-52-55-58-64(67)70-61-62(60-69-63(66)57-54-51-48-45-42-39-24-21-18-15-12-9-6-3)71-65(68)59-56-53-50-47-44-41-38-35-28-26-23-20-17-14-11-8-5-2/h21,24,62H,4-20,22-23,25-61H2,1-3H3/b24-21-. The van der Waals surface area contributed by atoms with Crippen LogP contribution in [0.15, 0.2) is 12.2 Å². The molecule has 0 rings (SSSR count). The number of allylic oxidation sites excluding steroid dienone is 2. The molecule has 71 heavy (non-hydrogen) atoms. The second-order valence-corrected chi connectivity index (χ2v) is 22.0. The van der Waals surface area contributed by atoms with Gasteiger partial charge in [-0.1, -0.05) is 315 Å². The van der Waals surface area contributed by atoms with Crippen molar-refractivity contribution in [3.8, 4) is 0 Å². The summed E-state index contributed by atoms with van der Waals surface area (Å²) in [5, 5.41) is 0. The zero-order valence-electron chi connectivity index (χ0n) is 48.3. The predicted molar refractivity (Wildman–Crippen MR) is 307 cm³/mol. The van der Waals surface area contributed by atoms with Crippen molar-refractivity contribution in [1.82, 2.24) is 0 Å². The van der Waals surface area contributed by atoms with E-state index in [1.807, 2.05) is 0 Å². The van der Waals surface area contributed by atoms with Gasteiger partial charge in [0, 0.05) is 19.3 Å². The van der Waals surface area contributed by atoms with Gasteiger partial charge in [-0.3, -0.25) is 14.4 Å². The molecule has 0 spiro atoms. The van der Waals surface area contributed by atoms with Crippen LogP contribution in [-0.4, -0.2) is 37.2 Å². The maximum Gasteiger partial charge on any atom is 0.306 e. The van der Waals surface area contributed by atoms with Gasteiger partial charge in [0.2, 0.25) is 0 Å². The Morgan fingerprint density at radius 3 is 0.718 bits per heavy atom. The van der Waals surface area contributed by atoms with Gasteiger partial charge in [0.15, 0.2) is 6.10 Å². The van der Waals surface area contributed by atoms with Crippen LogP contribution in [-0.2, 0) is 28.6 Å². The van der Waals surface area contributed by atoms with Gasteiger partial charge in [0.05, 0.1) is 0 Å². The molecule has 0 amide bonds. The number of carbonyl (C=O) groups is 3. The van der Waals surface area contributed by atoms with E-state index >= 15 is 0 Å². The smallest absolute Gasteiger partial charge is 0.306 e. The third kappa shape index (κ3) is 58.9. The molecule has 0 aromatic carbocycles. The monoisotopic (exact) mass is 1000 g/mol. The van der Waals surface area contributed by atoms with Crippen LogP contribution in [0.2, 0.25) is 0 Å². The molecule has 1 unspecified atom stereocenters. The van der Waals surface area contributed by atoms with Crippen molar-refractivity contribution in [2.24, 2.45) is 0 Å². The number of hydrogen-bond acceptors (Lipinski definition) is 6. The highest BCUT2D eigenvalue weighted by atomic mass is 16.6. The average molecular weight is 1000 g/mol. The highest BCUT2D eigenvalue weighted by molar-refractivity contribution is 5.71. The zero-order valence-corrected chi connectivity index (χ0v) is 48.3. The van der Waals surface area contributed by atoms with Crippen LogP contribution in [0.1, 0.15) is 367 Å². The van der Waals surface area contributed by atoms with Gasteiger partial charge in [-0.05, 0) is 44.9 Å². The van der Waals surface area contributed by atoms with Crippen LogP contribution in [0.5, 0.6) is 0 Å². The molecule has 0 fully saturated rings. The summed E-state index contributed by atoms with van der Waals surface area (Å²) in [7, 11) is 0. The maximum absolute atomic E-state index is 12.9. The highest BCUT2D eigenvalue weighted by Gasteiger charge is 2.19. The lowest BCUT2D eigenvalue weighted by Gasteiger charge is -2.18. The van der Waals surface area contributed by atoms with Crippen LogP contribution >= 0.6 is 0 Å². The van der Waals surface area contributed by atoms with E-state index in [1.54, 1.807) is 0 Å². The minimum absolute atomic E-state index is 0.0660. The van der Waals surface area contributed by atoms with Crippen molar-refractivity contribution >= 4 is 17.9 Å². The second-order valence-electron chi connectivity index (χ2n) is 22.0. The minimum Gasteiger partial charge on any atom is -0.462 e. The molecule has 0 heterocycles. The van der Waals surface area contributed by atoms with E-state index in [-0.39, 0.29) is 31.1 Å². The quantitative estimate of drug-likeness (QED) is 0.0261. The molecular weight excluding hydrogens is 877 g/mol. The van der Waals surface area contributed by atoms with Crippen molar-refractivity contribution in [3.05, 3.63) is 12.2 Å². The van der Waals surface area contributed by atoms with Crippen LogP contribution in [0, 0.1) is 0 Å². The molecule has 0 radical (unpaired) electrons. The summed E-state index contributed by atoms with van der Waals surface area (Å²) >= 11 is 0. The first kappa shape index (κ1) is 69.2. The Morgan fingerprint density at radius 2 is 0.465 bits per heavy atom. The molecule has 1 atom stereocenters. The van der Waals surface area contributed by atoms with Gasteiger partial charge in [0.1, 0.15) is 13.2 Å². The van der Waals surface area contributed by atoms with Crippen LogP contribution < -0.4 is 0 Å². The Bertz CT molecular complexity index is 1100. The molecule has 0 bridgehead atoms. The zero-order chi connectivity index (χ0) is 51.4. The summed E-state index contributed by atoms with van der Waals surface area (Å²) in [6, 6.07) is 0. The fraction of sp³-hybridized carbons (Fsp3) is 0.923.